The summed E-state index contributed by atoms with van der Waals surface area (Å²) in [7, 11) is 0. The van der Waals surface area contributed by atoms with Crippen molar-refractivity contribution in [1.29, 1.82) is 0 Å². The SMILES string of the molecule is CC(C(=O)NC1(C)CCOC1)C(N)c1ccccc1. The third kappa shape index (κ3) is 3.33. The standard InChI is InChI=1S/C15H22N2O2/c1-11(13(16)12-6-4-3-5-7-12)14(18)17-15(2)8-9-19-10-15/h3-7,11,13H,8-10,16H2,1-2H3,(H,17,18). The van der Waals surface area contributed by atoms with E-state index < -0.39 is 0 Å². The molecule has 0 radical (unpaired) electrons. The molecule has 3 N–H and O–H groups in total. The number of rotatable bonds is 4. The van der Waals surface area contributed by atoms with Gasteiger partial charge in [-0.05, 0) is 18.9 Å². The van der Waals surface area contributed by atoms with E-state index in [0.29, 0.717) is 13.2 Å². The van der Waals surface area contributed by atoms with Crippen LogP contribution in [0.3, 0.4) is 0 Å². The van der Waals surface area contributed by atoms with E-state index >= 15 is 0 Å². The van der Waals surface area contributed by atoms with Crippen LogP contribution in [0.15, 0.2) is 30.3 Å². The molecule has 1 aromatic rings. The highest BCUT2D eigenvalue weighted by Gasteiger charge is 2.33. The molecule has 0 saturated carbocycles. The molecule has 0 aromatic heterocycles. The first kappa shape index (κ1) is 14.0. The highest BCUT2D eigenvalue weighted by molar-refractivity contribution is 5.80. The summed E-state index contributed by atoms with van der Waals surface area (Å²) in [6.07, 6.45) is 0.853. The molecule has 0 spiro atoms. The van der Waals surface area contributed by atoms with Crippen LogP contribution in [0.25, 0.3) is 0 Å². The van der Waals surface area contributed by atoms with Gasteiger partial charge in [0.15, 0.2) is 0 Å². The monoisotopic (exact) mass is 262 g/mol. The minimum atomic E-state index is -0.285. The van der Waals surface area contributed by atoms with Gasteiger partial charge < -0.3 is 15.8 Å². The Labute approximate surface area is 114 Å². The van der Waals surface area contributed by atoms with Gasteiger partial charge in [0.1, 0.15) is 0 Å². The summed E-state index contributed by atoms with van der Waals surface area (Å²) >= 11 is 0. The Hall–Kier alpha value is -1.39. The number of nitrogens with one attached hydrogen (secondary N) is 1. The summed E-state index contributed by atoms with van der Waals surface area (Å²) in [5.41, 5.74) is 6.90. The van der Waals surface area contributed by atoms with Crippen molar-refractivity contribution in [1.82, 2.24) is 5.32 Å². The zero-order valence-corrected chi connectivity index (χ0v) is 11.6. The lowest BCUT2D eigenvalue weighted by atomic mass is 9.93. The van der Waals surface area contributed by atoms with Gasteiger partial charge in [-0.25, -0.2) is 0 Å². The molecule has 1 saturated heterocycles. The molecule has 19 heavy (non-hydrogen) atoms. The first-order chi connectivity index (χ1) is 9.02. The van der Waals surface area contributed by atoms with Gasteiger partial charge in [-0.2, -0.15) is 0 Å². The Morgan fingerprint density at radius 1 is 1.42 bits per heavy atom. The van der Waals surface area contributed by atoms with Gasteiger partial charge in [0.05, 0.1) is 18.1 Å². The molecule has 1 aliphatic heterocycles. The van der Waals surface area contributed by atoms with Crippen molar-refractivity contribution in [3.05, 3.63) is 35.9 Å². The van der Waals surface area contributed by atoms with Crippen molar-refractivity contribution < 1.29 is 9.53 Å². The van der Waals surface area contributed by atoms with Crippen LogP contribution in [0.2, 0.25) is 0 Å². The van der Waals surface area contributed by atoms with Crippen molar-refractivity contribution >= 4 is 5.91 Å². The van der Waals surface area contributed by atoms with Gasteiger partial charge >= 0.3 is 0 Å². The zero-order chi connectivity index (χ0) is 13.9. The predicted molar refractivity (Wildman–Crippen MR) is 74.5 cm³/mol. The van der Waals surface area contributed by atoms with Crippen LogP contribution in [-0.4, -0.2) is 24.7 Å². The van der Waals surface area contributed by atoms with E-state index in [1.807, 2.05) is 44.2 Å². The van der Waals surface area contributed by atoms with Crippen molar-refractivity contribution in [2.75, 3.05) is 13.2 Å². The van der Waals surface area contributed by atoms with Crippen LogP contribution in [0.5, 0.6) is 0 Å². The van der Waals surface area contributed by atoms with Crippen molar-refractivity contribution in [2.24, 2.45) is 11.7 Å². The normalized spacial score (nSPS) is 25.8. The number of carbonyl (C=O) groups is 1. The van der Waals surface area contributed by atoms with Gasteiger partial charge in [0, 0.05) is 12.6 Å². The highest BCUT2D eigenvalue weighted by Crippen LogP contribution is 2.22. The molecular weight excluding hydrogens is 240 g/mol. The average Bonchev–Trinajstić information content (AvgIpc) is 2.84. The molecule has 1 aromatic carbocycles. The quantitative estimate of drug-likeness (QED) is 0.866. The van der Waals surface area contributed by atoms with Crippen LogP contribution in [0, 0.1) is 5.92 Å². The maximum atomic E-state index is 12.3. The molecule has 1 heterocycles. The maximum absolute atomic E-state index is 12.3. The lowest BCUT2D eigenvalue weighted by molar-refractivity contribution is -0.127. The second-order valence-corrected chi connectivity index (χ2v) is 5.58. The molecule has 1 aliphatic rings. The summed E-state index contributed by atoms with van der Waals surface area (Å²) in [6, 6.07) is 9.44. The van der Waals surface area contributed by atoms with Crippen LogP contribution < -0.4 is 11.1 Å². The summed E-state index contributed by atoms with van der Waals surface area (Å²) in [6.45, 7) is 5.16. The summed E-state index contributed by atoms with van der Waals surface area (Å²) in [5.74, 6) is -0.274. The van der Waals surface area contributed by atoms with E-state index in [4.69, 9.17) is 10.5 Å². The van der Waals surface area contributed by atoms with Gasteiger partial charge in [-0.1, -0.05) is 37.3 Å². The second kappa shape index (κ2) is 5.72. The first-order valence-electron chi connectivity index (χ1n) is 6.72. The Balaban J connectivity index is 1.99. The fourth-order valence-electron chi connectivity index (χ4n) is 2.30. The highest BCUT2D eigenvalue weighted by atomic mass is 16.5. The fourth-order valence-corrected chi connectivity index (χ4v) is 2.30. The van der Waals surface area contributed by atoms with Crippen LogP contribution in [0.4, 0.5) is 0 Å². The van der Waals surface area contributed by atoms with E-state index in [0.717, 1.165) is 12.0 Å². The first-order valence-corrected chi connectivity index (χ1v) is 6.72. The van der Waals surface area contributed by atoms with Gasteiger partial charge in [-0.15, -0.1) is 0 Å². The number of carbonyl (C=O) groups excluding carboxylic acids is 1. The maximum Gasteiger partial charge on any atom is 0.225 e. The van der Waals surface area contributed by atoms with Crippen molar-refractivity contribution in [3.63, 3.8) is 0 Å². The summed E-state index contributed by atoms with van der Waals surface area (Å²) in [5, 5.41) is 3.06. The van der Waals surface area contributed by atoms with Crippen LogP contribution in [0.1, 0.15) is 31.9 Å². The van der Waals surface area contributed by atoms with E-state index in [-0.39, 0.29) is 23.4 Å². The van der Waals surface area contributed by atoms with Crippen molar-refractivity contribution in [2.45, 2.75) is 31.8 Å². The van der Waals surface area contributed by atoms with E-state index in [2.05, 4.69) is 5.32 Å². The Kier molecular flexibility index (Phi) is 4.22. The Bertz CT molecular complexity index is 427. The van der Waals surface area contributed by atoms with Crippen LogP contribution in [-0.2, 0) is 9.53 Å². The lowest BCUT2D eigenvalue weighted by Gasteiger charge is -2.27. The second-order valence-electron chi connectivity index (χ2n) is 5.58. The molecule has 2 rings (SSSR count). The topological polar surface area (TPSA) is 64.3 Å². The number of benzene rings is 1. The smallest absolute Gasteiger partial charge is 0.225 e. The zero-order valence-electron chi connectivity index (χ0n) is 11.6. The van der Waals surface area contributed by atoms with Gasteiger partial charge in [0.2, 0.25) is 5.91 Å². The third-order valence-electron chi connectivity index (χ3n) is 3.78. The lowest BCUT2D eigenvalue weighted by Crippen LogP contribution is -2.49. The molecule has 1 amide bonds. The Morgan fingerprint density at radius 3 is 2.68 bits per heavy atom. The molecular formula is C15H22N2O2. The summed E-state index contributed by atoms with van der Waals surface area (Å²) in [4.78, 5) is 12.3. The number of nitrogens with two attached hydrogens (primary N) is 1. The molecule has 0 aliphatic carbocycles. The average molecular weight is 262 g/mol. The molecule has 3 atom stereocenters. The van der Waals surface area contributed by atoms with Gasteiger partial charge in [-0.3, -0.25) is 4.79 Å². The molecule has 3 unspecified atom stereocenters. The minimum Gasteiger partial charge on any atom is -0.379 e. The molecule has 104 valence electrons. The summed E-state index contributed by atoms with van der Waals surface area (Å²) < 4.78 is 5.34. The van der Waals surface area contributed by atoms with Gasteiger partial charge in [0.25, 0.3) is 0 Å². The Morgan fingerprint density at radius 2 is 2.11 bits per heavy atom. The number of hydrogen-bond acceptors (Lipinski definition) is 3. The number of amides is 1. The predicted octanol–water partition coefficient (Wildman–Crippen LogP) is 1.62. The number of ether oxygens (including phenoxy) is 1. The van der Waals surface area contributed by atoms with Crippen molar-refractivity contribution in [3.8, 4) is 0 Å². The van der Waals surface area contributed by atoms with E-state index in [9.17, 15) is 4.79 Å². The van der Waals surface area contributed by atoms with Crippen LogP contribution >= 0.6 is 0 Å². The fraction of sp³-hybridized carbons (Fsp3) is 0.533. The van der Waals surface area contributed by atoms with E-state index in [1.165, 1.54) is 0 Å². The van der Waals surface area contributed by atoms with E-state index in [1.54, 1.807) is 0 Å². The minimum absolute atomic E-state index is 0.00986. The molecule has 4 heteroatoms. The number of hydrogen-bond donors (Lipinski definition) is 2. The molecule has 0 bridgehead atoms. The largest absolute Gasteiger partial charge is 0.379 e. The molecule has 1 fully saturated rings. The third-order valence-corrected chi connectivity index (χ3v) is 3.78. The molecule has 4 nitrogen and oxygen atoms in total.